The summed E-state index contributed by atoms with van der Waals surface area (Å²) in [6.45, 7) is 1.45. The van der Waals surface area contributed by atoms with Gasteiger partial charge in [0.1, 0.15) is 0 Å². The standard InChI is InChI=1S/C37H24N2S/c1-23-17-19-33-29(21-23)25-9-2-5-13-31(25)38(33)24-18-20-34-30(22-24)26-10-3-6-14-32(26)39(34)35-15-8-12-28-27-11-4-7-16-36(27)40-37(28)35/h2-22H,1H3/i2D,3D,5D,6D,9D,10D,13D,14D,17D,18D,19D,20D,21D,22D. The first-order valence-corrected chi connectivity index (χ1v) is 13.4. The predicted molar refractivity (Wildman–Crippen MR) is 173 cm³/mol. The number of para-hydroxylation sites is 2. The maximum Gasteiger partial charge on any atom is 0.0652 e. The van der Waals surface area contributed by atoms with Crippen LogP contribution in [0.15, 0.2) is 127 Å². The van der Waals surface area contributed by atoms with E-state index in [4.69, 9.17) is 15.1 Å². The third-order valence-electron chi connectivity index (χ3n) is 7.28. The topological polar surface area (TPSA) is 9.86 Å². The molecule has 0 fully saturated rings. The Morgan fingerprint density at radius 3 is 2.05 bits per heavy atom. The van der Waals surface area contributed by atoms with E-state index >= 15 is 0 Å². The molecule has 0 spiro atoms. The van der Waals surface area contributed by atoms with Gasteiger partial charge in [0.05, 0.1) is 51.6 Å². The lowest BCUT2D eigenvalue weighted by atomic mass is 10.1. The van der Waals surface area contributed by atoms with Gasteiger partial charge in [-0.3, -0.25) is 0 Å². The fraction of sp³-hybridized carbons (Fsp3) is 0.0270. The third kappa shape index (κ3) is 2.93. The monoisotopic (exact) mass is 542 g/mol. The molecular weight excluding hydrogens is 504 g/mol. The molecule has 3 heterocycles. The Kier molecular flexibility index (Phi) is 2.53. The van der Waals surface area contributed by atoms with Gasteiger partial charge in [0.15, 0.2) is 0 Å². The summed E-state index contributed by atoms with van der Waals surface area (Å²) < 4.78 is 130. The van der Waals surface area contributed by atoms with E-state index in [1.54, 1.807) is 12.1 Å². The summed E-state index contributed by atoms with van der Waals surface area (Å²) in [5.41, 5.74) is -0.410. The van der Waals surface area contributed by atoms with Crippen LogP contribution in [0.4, 0.5) is 0 Å². The molecule has 0 aliphatic carbocycles. The first kappa shape index (κ1) is 12.5. The second-order valence-corrected chi connectivity index (χ2v) is 10.6. The van der Waals surface area contributed by atoms with Crippen LogP contribution in [0.25, 0.3) is 75.2 Å². The molecule has 9 rings (SSSR count). The zero-order valence-electron chi connectivity index (χ0n) is 34.8. The van der Waals surface area contributed by atoms with Crippen molar-refractivity contribution in [3.05, 3.63) is 133 Å². The summed E-state index contributed by atoms with van der Waals surface area (Å²) >= 11 is 1.45. The van der Waals surface area contributed by atoms with Crippen LogP contribution in [0.1, 0.15) is 24.8 Å². The first-order valence-electron chi connectivity index (χ1n) is 19.6. The van der Waals surface area contributed by atoms with Crippen molar-refractivity contribution < 1.29 is 19.2 Å². The van der Waals surface area contributed by atoms with E-state index in [0.717, 1.165) is 24.7 Å². The van der Waals surface area contributed by atoms with Crippen LogP contribution in [-0.2, 0) is 0 Å². The van der Waals surface area contributed by atoms with Crippen molar-refractivity contribution in [1.82, 2.24) is 9.13 Å². The van der Waals surface area contributed by atoms with Crippen LogP contribution in [0.5, 0.6) is 0 Å². The molecule has 0 aliphatic rings. The van der Waals surface area contributed by atoms with E-state index in [1.807, 2.05) is 30.3 Å². The molecule has 3 aromatic heterocycles. The molecule has 40 heavy (non-hydrogen) atoms. The van der Waals surface area contributed by atoms with Crippen molar-refractivity contribution in [3.8, 4) is 11.4 Å². The zero-order valence-corrected chi connectivity index (χ0v) is 21.7. The lowest BCUT2D eigenvalue weighted by Crippen LogP contribution is -1.96. The lowest BCUT2D eigenvalue weighted by Gasteiger charge is -2.11. The highest BCUT2D eigenvalue weighted by atomic mass is 32.1. The van der Waals surface area contributed by atoms with Crippen LogP contribution in [0.3, 0.4) is 0 Å². The molecule has 0 aliphatic heterocycles. The number of hydrogen-bond acceptors (Lipinski definition) is 1. The maximum atomic E-state index is 9.81. The molecule has 0 bridgehead atoms. The number of hydrogen-bond donors (Lipinski definition) is 0. The SMILES string of the molecule is [2H]c1c([2H])c([2H])c2c(c1[2H])c1c([2H])c(C)c([2H])c([2H])c1n2-c1c([2H])c([2H])c2c(c1[2H])c1c([2H])c([2H])c([2H])c([2H])c1n2-c1cccc2c1sc1ccccc12. The number of benzene rings is 6. The molecule has 0 N–H and O–H groups in total. The van der Waals surface area contributed by atoms with E-state index in [9.17, 15) is 4.11 Å². The third-order valence-corrected chi connectivity index (χ3v) is 8.48. The molecule has 0 atom stereocenters. The van der Waals surface area contributed by atoms with Gasteiger partial charge in [-0.1, -0.05) is 78.2 Å². The maximum absolute atomic E-state index is 9.81. The van der Waals surface area contributed by atoms with Crippen LogP contribution in [-0.4, -0.2) is 9.13 Å². The Morgan fingerprint density at radius 1 is 0.550 bits per heavy atom. The molecule has 0 radical (unpaired) electrons. The van der Waals surface area contributed by atoms with Crippen molar-refractivity contribution >= 4 is 75.1 Å². The fourth-order valence-electron chi connectivity index (χ4n) is 5.60. The average molecular weight is 543 g/mol. The van der Waals surface area contributed by atoms with E-state index in [-0.39, 0.29) is 61.3 Å². The Morgan fingerprint density at radius 2 is 1.20 bits per heavy atom. The van der Waals surface area contributed by atoms with E-state index in [2.05, 4.69) is 0 Å². The van der Waals surface area contributed by atoms with Gasteiger partial charge >= 0.3 is 0 Å². The summed E-state index contributed by atoms with van der Waals surface area (Å²) in [4.78, 5) is 0. The van der Waals surface area contributed by atoms with Crippen molar-refractivity contribution in [3.63, 3.8) is 0 Å². The van der Waals surface area contributed by atoms with Crippen molar-refractivity contribution in [2.24, 2.45) is 0 Å². The molecule has 188 valence electrons. The van der Waals surface area contributed by atoms with Crippen molar-refractivity contribution in [2.45, 2.75) is 6.92 Å². The van der Waals surface area contributed by atoms with Gasteiger partial charge in [-0.05, 0) is 61.4 Å². The first-order chi connectivity index (χ1) is 25.6. The number of nitrogens with zero attached hydrogens (tertiary/aromatic N) is 2. The summed E-state index contributed by atoms with van der Waals surface area (Å²) in [7, 11) is 0. The number of thiophene rings is 1. The molecule has 9 aromatic rings. The van der Waals surface area contributed by atoms with E-state index < -0.39 is 78.2 Å². The molecule has 0 amide bonds. The quantitative estimate of drug-likeness (QED) is 0.206. The van der Waals surface area contributed by atoms with Crippen LogP contribution >= 0.6 is 11.3 Å². The minimum absolute atomic E-state index is 0.0256. The number of aromatic nitrogens is 2. The van der Waals surface area contributed by atoms with Gasteiger partial charge < -0.3 is 9.13 Å². The second kappa shape index (κ2) is 8.08. The predicted octanol–water partition coefficient (Wildman–Crippen LogP) is 10.6. The molecule has 3 heteroatoms. The Bertz CT molecular complexity index is 3150. The van der Waals surface area contributed by atoms with Gasteiger partial charge in [0.25, 0.3) is 0 Å². The Hall–Kier alpha value is -4.86. The fourth-order valence-corrected chi connectivity index (χ4v) is 6.80. The highest BCUT2D eigenvalue weighted by Gasteiger charge is 2.18. The minimum atomic E-state index is -0.648. The average Bonchev–Trinajstić information content (AvgIpc) is 3.84. The normalized spacial score (nSPS) is 17.0. The summed E-state index contributed by atoms with van der Waals surface area (Å²) in [6, 6.07) is 6.13. The largest absolute Gasteiger partial charge is 0.309 e. The van der Waals surface area contributed by atoms with Crippen molar-refractivity contribution in [2.75, 3.05) is 0 Å². The van der Waals surface area contributed by atoms with Crippen LogP contribution in [0.2, 0.25) is 0 Å². The van der Waals surface area contributed by atoms with Gasteiger partial charge in [-0.2, -0.15) is 0 Å². The molecular formula is C37H24N2S. The van der Waals surface area contributed by atoms with Gasteiger partial charge in [-0.25, -0.2) is 0 Å². The molecule has 2 nitrogen and oxygen atoms in total. The summed E-state index contributed by atoms with van der Waals surface area (Å²) in [5, 5.41) is 1.38. The Labute approximate surface area is 254 Å². The zero-order chi connectivity index (χ0) is 38.6. The molecule has 0 unspecified atom stereocenters. The molecule has 0 saturated heterocycles. The van der Waals surface area contributed by atoms with Gasteiger partial charge in [-0.15, -0.1) is 11.3 Å². The van der Waals surface area contributed by atoms with E-state index in [1.165, 1.54) is 22.8 Å². The molecule has 0 saturated carbocycles. The van der Waals surface area contributed by atoms with Gasteiger partial charge in [0.2, 0.25) is 0 Å². The highest BCUT2D eigenvalue weighted by Crippen LogP contribution is 2.41. The lowest BCUT2D eigenvalue weighted by molar-refractivity contribution is 1.17. The number of fused-ring (bicyclic) bond motifs is 9. The van der Waals surface area contributed by atoms with E-state index in [0.29, 0.717) is 5.69 Å². The smallest absolute Gasteiger partial charge is 0.0652 e. The Balaban J connectivity index is 1.57. The van der Waals surface area contributed by atoms with Crippen LogP contribution in [0, 0.1) is 6.92 Å². The summed E-state index contributed by atoms with van der Waals surface area (Å²) in [5.74, 6) is 0. The van der Waals surface area contributed by atoms with Gasteiger partial charge in [0, 0.05) is 42.7 Å². The summed E-state index contributed by atoms with van der Waals surface area (Å²) in [6.07, 6.45) is 0. The second-order valence-electron chi connectivity index (χ2n) is 9.54. The van der Waals surface area contributed by atoms with Crippen LogP contribution < -0.4 is 0 Å². The molecule has 6 aromatic carbocycles. The number of rotatable bonds is 2. The van der Waals surface area contributed by atoms with Crippen molar-refractivity contribution in [1.29, 1.82) is 0 Å². The highest BCUT2D eigenvalue weighted by molar-refractivity contribution is 7.26. The minimum Gasteiger partial charge on any atom is -0.309 e.